The van der Waals surface area contributed by atoms with Gasteiger partial charge in [0.25, 0.3) is 0 Å². The van der Waals surface area contributed by atoms with Crippen LogP contribution in [0.15, 0.2) is 36.4 Å². The molecule has 0 saturated carbocycles. The number of methoxy groups -OCH3 is 1. The fourth-order valence-corrected chi connectivity index (χ4v) is 2.38. The van der Waals surface area contributed by atoms with Gasteiger partial charge in [0, 0.05) is 6.54 Å². The number of carboxylic acids is 1. The quantitative estimate of drug-likeness (QED) is 0.720. The molecule has 0 aliphatic carbocycles. The van der Waals surface area contributed by atoms with E-state index in [1.54, 1.807) is 19.2 Å². The lowest BCUT2D eigenvalue weighted by molar-refractivity contribution is 0.0697. The molecular formula is C19H23NO5. The summed E-state index contributed by atoms with van der Waals surface area (Å²) in [4.78, 5) is 11.1. The normalized spacial score (nSPS) is 10.2. The van der Waals surface area contributed by atoms with Gasteiger partial charge in [0.05, 0.1) is 31.6 Å². The molecule has 0 fully saturated rings. The van der Waals surface area contributed by atoms with Gasteiger partial charge in [0.15, 0.2) is 11.5 Å². The number of rotatable bonds is 9. The van der Waals surface area contributed by atoms with Gasteiger partial charge < -0.3 is 24.6 Å². The minimum absolute atomic E-state index is 0.199. The Hall–Kier alpha value is -2.89. The number of nitrogens with one attached hydrogen (secondary N) is 1. The van der Waals surface area contributed by atoms with Crippen LogP contribution in [-0.2, 0) is 6.54 Å². The third-order valence-electron chi connectivity index (χ3n) is 3.54. The van der Waals surface area contributed by atoms with Crippen LogP contribution < -0.4 is 19.5 Å². The van der Waals surface area contributed by atoms with E-state index in [0.29, 0.717) is 42.7 Å². The van der Waals surface area contributed by atoms with Gasteiger partial charge in [0.2, 0.25) is 0 Å². The van der Waals surface area contributed by atoms with Gasteiger partial charge in [-0.2, -0.15) is 0 Å². The van der Waals surface area contributed by atoms with Crippen molar-refractivity contribution in [3.8, 4) is 17.2 Å². The second-order valence-corrected chi connectivity index (χ2v) is 5.22. The molecule has 0 saturated heterocycles. The monoisotopic (exact) mass is 345 g/mol. The number of ether oxygens (including phenoxy) is 3. The molecule has 0 unspecified atom stereocenters. The zero-order valence-electron chi connectivity index (χ0n) is 14.7. The van der Waals surface area contributed by atoms with E-state index in [2.05, 4.69) is 5.32 Å². The molecule has 6 heteroatoms. The van der Waals surface area contributed by atoms with Crippen molar-refractivity contribution in [1.82, 2.24) is 0 Å². The Kier molecular flexibility index (Phi) is 6.51. The summed E-state index contributed by atoms with van der Waals surface area (Å²) in [7, 11) is 1.55. The number of carboxylic acid groups (broad SMARTS) is 1. The van der Waals surface area contributed by atoms with Crippen LogP contribution in [0.1, 0.15) is 29.8 Å². The Bertz CT molecular complexity index is 730. The van der Waals surface area contributed by atoms with Crippen molar-refractivity contribution in [1.29, 1.82) is 0 Å². The minimum Gasteiger partial charge on any atom is -0.495 e. The van der Waals surface area contributed by atoms with Crippen molar-refractivity contribution in [2.75, 3.05) is 25.6 Å². The average molecular weight is 345 g/mol. The molecule has 0 atom stereocenters. The van der Waals surface area contributed by atoms with E-state index in [1.165, 1.54) is 6.07 Å². The first-order valence-electron chi connectivity index (χ1n) is 8.12. The van der Waals surface area contributed by atoms with Crippen LogP contribution in [0.2, 0.25) is 0 Å². The predicted octanol–water partition coefficient (Wildman–Crippen LogP) is 3.80. The smallest absolute Gasteiger partial charge is 0.335 e. The van der Waals surface area contributed by atoms with Gasteiger partial charge in [-0.05, 0) is 49.7 Å². The van der Waals surface area contributed by atoms with E-state index in [4.69, 9.17) is 19.3 Å². The van der Waals surface area contributed by atoms with Gasteiger partial charge >= 0.3 is 5.97 Å². The standard InChI is InChI=1S/C19H23NO5/c1-4-24-17-8-6-13(10-18(17)25-5-2)12-20-15-11-14(19(21)22)7-9-16(15)23-3/h6-11,20H,4-5,12H2,1-3H3,(H,21,22). The highest BCUT2D eigenvalue weighted by Gasteiger charge is 2.10. The number of benzene rings is 2. The molecule has 134 valence electrons. The highest BCUT2D eigenvalue weighted by atomic mass is 16.5. The molecule has 2 rings (SSSR count). The largest absolute Gasteiger partial charge is 0.495 e. The second-order valence-electron chi connectivity index (χ2n) is 5.22. The third-order valence-corrected chi connectivity index (χ3v) is 3.54. The fourth-order valence-electron chi connectivity index (χ4n) is 2.38. The summed E-state index contributed by atoms with van der Waals surface area (Å²) < 4.78 is 16.5. The van der Waals surface area contributed by atoms with E-state index < -0.39 is 5.97 Å². The molecule has 0 amide bonds. The van der Waals surface area contributed by atoms with E-state index in [9.17, 15) is 4.79 Å². The Labute approximate surface area is 147 Å². The summed E-state index contributed by atoms with van der Waals surface area (Å²) in [5.74, 6) is 1.000. The van der Waals surface area contributed by atoms with E-state index >= 15 is 0 Å². The zero-order chi connectivity index (χ0) is 18.2. The average Bonchev–Trinajstić information content (AvgIpc) is 2.61. The summed E-state index contributed by atoms with van der Waals surface area (Å²) in [6.07, 6.45) is 0. The first-order chi connectivity index (χ1) is 12.1. The van der Waals surface area contributed by atoms with Gasteiger partial charge in [-0.25, -0.2) is 4.79 Å². The Morgan fingerprint density at radius 2 is 1.68 bits per heavy atom. The number of carbonyl (C=O) groups is 1. The van der Waals surface area contributed by atoms with Crippen LogP contribution in [0.3, 0.4) is 0 Å². The molecule has 2 N–H and O–H groups in total. The van der Waals surface area contributed by atoms with Crippen LogP contribution in [0.25, 0.3) is 0 Å². The molecular weight excluding hydrogens is 322 g/mol. The molecule has 0 heterocycles. The summed E-state index contributed by atoms with van der Waals surface area (Å²) in [6.45, 7) is 5.45. The molecule has 0 aliphatic rings. The third kappa shape index (κ3) is 4.79. The number of hydrogen-bond acceptors (Lipinski definition) is 5. The van der Waals surface area contributed by atoms with E-state index in [0.717, 1.165) is 5.56 Å². The van der Waals surface area contributed by atoms with Gasteiger partial charge in [-0.1, -0.05) is 6.07 Å². The highest BCUT2D eigenvalue weighted by molar-refractivity contribution is 5.89. The van der Waals surface area contributed by atoms with Gasteiger partial charge in [-0.3, -0.25) is 0 Å². The molecule has 0 aromatic heterocycles. The molecule has 0 aliphatic heterocycles. The van der Waals surface area contributed by atoms with E-state index in [1.807, 2.05) is 32.0 Å². The topological polar surface area (TPSA) is 77.0 Å². The number of hydrogen-bond donors (Lipinski definition) is 2. The summed E-state index contributed by atoms with van der Waals surface area (Å²) in [5, 5.41) is 12.3. The van der Waals surface area contributed by atoms with Gasteiger partial charge in [-0.15, -0.1) is 0 Å². The van der Waals surface area contributed by atoms with Crippen molar-refractivity contribution >= 4 is 11.7 Å². The molecule has 0 bridgehead atoms. The lowest BCUT2D eigenvalue weighted by Gasteiger charge is -2.14. The second kappa shape index (κ2) is 8.82. The Morgan fingerprint density at radius 1 is 1.00 bits per heavy atom. The molecule has 0 spiro atoms. The van der Waals surface area contributed by atoms with Crippen LogP contribution >= 0.6 is 0 Å². The number of anilines is 1. The maximum absolute atomic E-state index is 11.1. The van der Waals surface area contributed by atoms with Crippen molar-refractivity contribution < 1.29 is 24.1 Å². The molecule has 2 aromatic rings. The maximum atomic E-state index is 11.1. The van der Waals surface area contributed by atoms with E-state index in [-0.39, 0.29) is 5.56 Å². The first-order valence-corrected chi connectivity index (χ1v) is 8.12. The van der Waals surface area contributed by atoms with Crippen LogP contribution in [0.5, 0.6) is 17.2 Å². The van der Waals surface area contributed by atoms with Crippen LogP contribution in [0, 0.1) is 0 Å². The molecule has 0 radical (unpaired) electrons. The van der Waals surface area contributed by atoms with Crippen molar-refractivity contribution in [2.24, 2.45) is 0 Å². The van der Waals surface area contributed by atoms with Crippen LogP contribution in [-0.4, -0.2) is 31.4 Å². The van der Waals surface area contributed by atoms with Crippen molar-refractivity contribution in [3.63, 3.8) is 0 Å². The molecule has 6 nitrogen and oxygen atoms in total. The first kappa shape index (κ1) is 18.4. The predicted molar refractivity (Wildman–Crippen MR) is 96.1 cm³/mol. The van der Waals surface area contributed by atoms with Crippen LogP contribution in [0.4, 0.5) is 5.69 Å². The van der Waals surface area contributed by atoms with Crippen molar-refractivity contribution in [2.45, 2.75) is 20.4 Å². The Morgan fingerprint density at radius 3 is 2.32 bits per heavy atom. The van der Waals surface area contributed by atoms with Crippen molar-refractivity contribution in [3.05, 3.63) is 47.5 Å². The molecule has 2 aromatic carbocycles. The maximum Gasteiger partial charge on any atom is 0.335 e. The van der Waals surface area contributed by atoms with Gasteiger partial charge in [0.1, 0.15) is 5.75 Å². The highest BCUT2D eigenvalue weighted by Crippen LogP contribution is 2.30. The minimum atomic E-state index is -0.981. The molecule has 25 heavy (non-hydrogen) atoms. The number of aromatic carboxylic acids is 1. The summed E-state index contributed by atoms with van der Waals surface area (Å²) in [5.41, 5.74) is 1.80. The lowest BCUT2D eigenvalue weighted by atomic mass is 10.1. The fraction of sp³-hybridized carbons (Fsp3) is 0.316. The lowest BCUT2D eigenvalue weighted by Crippen LogP contribution is -2.05. The zero-order valence-corrected chi connectivity index (χ0v) is 14.7. The summed E-state index contributed by atoms with van der Waals surface area (Å²) in [6, 6.07) is 10.4. The Balaban J connectivity index is 2.19. The SMILES string of the molecule is CCOc1ccc(CNc2cc(C(=O)O)ccc2OC)cc1OCC. The summed E-state index contributed by atoms with van der Waals surface area (Å²) >= 11 is 0.